The Kier molecular flexibility index (Phi) is 4.02. The molecule has 3 aromatic heterocycles. The highest BCUT2D eigenvalue weighted by atomic mass is 32.1. The van der Waals surface area contributed by atoms with Gasteiger partial charge in [0, 0.05) is 34.1 Å². The van der Waals surface area contributed by atoms with Crippen LogP contribution in [0.1, 0.15) is 31.2 Å². The molecule has 0 amide bonds. The molecule has 6 heteroatoms. The average Bonchev–Trinajstić information content (AvgIpc) is 3.10. The lowest BCUT2D eigenvalue weighted by atomic mass is 9.78. The molecule has 0 aliphatic heterocycles. The third kappa shape index (κ3) is 2.95. The summed E-state index contributed by atoms with van der Waals surface area (Å²) in [6.07, 6.45) is 8.36. The van der Waals surface area contributed by atoms with E-state index >= 15 is 0 Å². The summed E-state index contributed by atoms with van der Waals surface area (Å²) < 4.78 is 1.23. The van der Waals surface area contributed by atoms with E-state index in [1.165, 1.54) is 10.1 Å². The SMILES string of the molecule is OC1(c2cccnc2)CCC(Nc2ncnc3sc4ccccc4c23)CC1. The van der Waals surface area contributed by atoms with Crippen molar-refractivity contribution in [1.82, 2.24) is 15.0 Å². The predicted octanol–water partition coefficient (Wildman–Crippen LogP) is 4.48. The molecule has 5 rings (SSSR count). The van der Waals surface area contributed by atoms with E-state index in [2.05, 4.69) is 44.5 Å². The van der Waals surface area contributed by atoms with Crippen LogP contribution in [-0.4, -0.2) is 26.1 Å². The number of benzene rings is 1. The monoisotopic (exact) mass is 376 g/mol. The van der Waals surface area contributed by atoms with Crippen molar-refractivity contribution in [3.8, 4) is 0 Å². The van der Waals surface area contributed by atoms with E-state index in [9.17, 15) is 5.11 Å². The quantitative estimate of drug-likeness (QED) is 0.551. The highest BCUT2D eigenvalue weighted by Crippen LogP contribution is 2.39. The van der Waals surface area contributed by atoms with Crippen LogP contribution in [0, 0.1) is 0 Å². The summed E-state index contributed by atoms with van der Waals surface area (Å²) in [4.78, 5) is 14.2. The van der Waals surface area contributed by atoms with Gasteiger partial charge in [-0.3, -0.25) is 4.98 Å². The number of hydrogen-bond acceptors (Lipinski definition) is 6. The van der Waals surface area contributed by atoms with Crippen molar-refractivity contribution in [2.45, 2.75) is 37.3 Å². The fourth-order valence-corrected chi connectivity index (χ4v) is 5.07. The Morgan fingerprint density at radius 2 is 1.93 bits per heavy atom. The van der Waals surface area contributed by atoms with Gasteiger partial charge in [0.1, 0.15) is 17.0 Å². The van der Waals surface area contributed by atoms with Gasteiger partial charge in [0.15, 0.2) is 0 Å². The maximum Gasteiger partial charge on any atom is 0.139 e. The molecule has 1 aliphatic rings. The smallest absolute Gasteiger partial charge is 0.139 e. The maximum absolute atomic E-state index is 11.0. The minimum Gasteiger partial charge on any atom is -0.385 e. The van der Waals surface area contributed by atoms with Gasteiger partial charge >= 0.3 is 0 Å². The zero-order chi connectivity index (χ0) is 18.3. The van der Waals surface area contributed by atoms with Gasteiger partial charge in [-0.05, 0) is 37.8 Å². The van der Waals surface area contributed by atoms with Crippen LogP contribution in [0.3, 0.4) is 0 Å². The molecule has 1 fully saturated rings. The van der Waals surface area contributed by atoms with Crippen LogP contribution in [0.15, 0.2) is 55.1 Å². The molecule has 0 bridgehead atoms. The van der Waals surface area contributed by atoms with E-state index in [0.29, 0.717) is 6.04 Å². The lowest BCUT2D eigenvalue weighted by Gasteiger charge is -2.36. The summed E-state index contributed by atoms with van der Waals surface area (Å²) in [6.45, 7) is 0. The van der Waals surface area contributed by atoms with E-state index in [0.717, 1.165) is 47.3 Å². The number of thiophene rings is 1. The summed E-state index contributed by atoms with van der Waals surface area (Å²) >= 11 is 1.70. The van der Waals surface area contributed by atoms with Gasteiger partial charge in [-0.1, -0.05) is 24.3 Å². The van der Waals surface area contributed by atoms with Gasteiger partial charge in [0.25, 0.3) is 0 Å². The Hall–Kier alpha value is -2.57. The first-order valence-corrected chi connectivity index (χ1v) is 10.1. The van der Waals surface area contributed by atoms with Gasteiger partial charge in [0.05, 0.1) is 11.0 Å². The Morgan fingerprint density at radius 3 is 2.74 bits per heavy atom. The molecule has 0 unspecified atom stereocenters. The zero-order valence-electron chi connectivity index (χ0n) is 14.8. The summed E-state index contributed by atoms with van der Waals surface area (Å²) in [7, 11) is 0. The van der Waals surface area contributed by atoms with Gasteiger partial charge in [-0.25, -0.2) is 9.97 Å². The third-order valence-electron chi connectivity index (χ3n) is 5.53. The zero-order valence-corrected chi connectivity index (χ0v) is 15.6. The molecular formula is C21H20N4OS. The number of fused-ring (bicyclic) bond motifs is 3. The largest absolute Gasteiger partial charge is 0.385 e. The van der Waals surface area contributed by atoms with Gasteiger partial charge in [0.2, 0.25) is 0 Å². The highest BCUT2D eigenvalue weighted by molar-refractivity contribution is 7.25. The highest BCUT2D eigenvalue weighted by Gasteiger charge is 2.35. The molecule has 0 radical (unpaired) electrons. The van der Waals surface area contributed by atoms with Crippen LogP contribution in [0.4, 0.5) is 5.82 Å². The lowest BCUT2D eigenvalue weighted by Crippen LogP contribution is -2.36. The predicted molar refractivity (Wildman–Crippen MR) is 109 cm³/mol. The van der Waals surface area contributed by atoms with E-state index in [1.807, 2.05) is 12.1 Å². The lowest BCUT2D eigenvalue weighted by molar-refractivity contribution is -0.00362. The third-order valence-corrected chi connectivity index (χ3v) is 6.61. The second-order valence-electron chi connectivity index (χ2n) is 7.19. The standard InChI is InChI=1S/C21H20N4OS/c26-21(14-4-3-11-22-12-14)9-7-15(8-10-21)25-19-18-16-5-1-2-6-17(16)27-20(18)24-13-23-19/h1-6,11-13,15,26H,7-10H2,(H,23,24,25). The molecule has 0 spiro atoms. The van der Waals surface area contributed by atoms with Crippen LogP contribution in [-0.2, 0) is 5.60 Å². The molecule has 4 aromatic rings. The van der Waals surface area contributed by atoms with Crippen LogP contribution in [0.25, 0.3) is 20.3 Å². The molecule has 1 saturated carbocycles. The van der Waals surface area contributed by atoms with Crippen molar-refractivity contribution in [3.63, 3.8) is 0 Å². The average molecular weight is 376 g/mol. The number of nitrogens with zero attached hydrogens (tertiary/aromatic N) is 3. The van der Waals surface area contributed by atoms with E-state index < -0.39 is 5.60 Å². The number of nitrogens with one attached hydrogen (secondary N) is 1. The number of rotatable bonds is 3. The van der Waals surface area contributed by atoms with Crippen molar-refractivity contribution in [2.24, 2.45) is 0 Å². The number of hydrogen-bond donors (Lipinski definition) is 2. The molecule has 0 saturated heterocycles. The molecule has 2 N–H and O–H groups in total. The van der Waals surface area contributed by atoms with Gasteiger partial charge in [-0.2, -0.15) is 0 Å². The topological polar surface area (TPSA) is 70.9 Å². The summed E-state index contributed by atoms with van der Waals surface area (Å²) in [5, 5.41) is 16.9. The van der Waals surface area contributed by atoms with Crippen LogP contribution < -0.4 is 5.32 Å². The molecule has 5 nitrogen and oxygen atoms in total. The Labute approximate surface area is 161 Å². The fourth-order valence-electron chi connectivity index (χ4n) is 4.03. The second kappa shape index (κ2) is 6.55. The summed E-state index contributed by atoms with van der Waals surface area (Å²) in [6, 6.07) is 12.5. The Morgan fingerprint density at radius 1 is 1.07 bits per heavy atom. The summed E-state index contributed by atoms with van der Waals surface area (Å²) in [5.41, 5.74) is 0.138. The van der Waals surface area contributed by atoms with E-state index in [1.54, 1.807) is 30.1 Å². The number of aromatic nitrogens is 3. The second-order valence-corrected chi connectivity index (χ2v) is 8.22. The van der Waals surface area contributed by atoms with Crippen molar-refractivity contribution < 1.29 is 5.11 Å². The molecule has 27 heavy (non-hydrogen) atoms. The van der Waals surface area contributed by atoms with Gasteiger partial charge < -0.3 is 10.4 Å². The van der Waals surface area contributed by atoms with E-state index in [4.69, 9.17) is 0 Å². The van der Waals surface area contributed by atoms with Crippen molar-refractivity contribution in [3.05, 3.63) is 60.7 Å². The molecule has 1 aliphatic carbocycles. The van der Waals surface area contributed by atoms with Crippen LogP contribution in [0.5, 0.6) is 0 Å². The first kappa shape index (κ1) is 16.6. The van der Waals surface area contributed by atoms with Crippen LogP contribution >= 0.6 is 11.3 Å². The molecular weight excluding hydrogens is 356 g/mol. The number of aliphatic hydroxyl groups is 1. The minimum absolute atomic E-state index is 0.290. The van der Waals surface area contributed by atoms with Crippen molar-refractivity contribution >= 4 is 37.5 Å². The number of anilines is 1. The van der Waals surface area contributed by atoms with Crippen molar-refractivity contribution in [1.29, 1.82) is 0 Å². The molecule has 136 valence electrons. The Balaban J connectivity index is 1.39. The van der Waals surface area contributed by atoms with Gasteiger partial charge in [-0.15, -0.1) is 11.3 Å². The minimum atomic E-state index is -0.775. The maximum atomic E-state index is 11.0. The van der Waals surface area contributed by atoms with E-state index in [-0.39, 0.29) is 0 Å². The van der Waals surface area contributed by atoms with Crippen molar-refractivity contribution in [2.75, 3.05) is 5.32 Å². The number of pyridine rings is 1. The first-order valence-electron chi connectivity index (χ1n) is 9.25. The normalized spacial score (nSPS) is 22.9. The molecule has 1 aromatic carbocycles. The summed E-state index contributed by atoms with van der Waals surface area (Å²) in [5.74, 6) is 0.897. The fraction of sp³-hybridized carbons (Fsp3) is 0.286. The molecule has 0 atom stereocenters. The molecule has 3 heterocycles. The van der Waals surface area contributed by atoms with Crippen LogP contribution in [0.2, 0.25) is 0 Å². The first-order chi connectivity index (χ1) is 13.2. The Bertz CT molecular complexity index is 1090.